The fourth-order valence-corrected chi connectivity index (χ4v) is 2.76. The van der Waals surface area contributed by atoms with Gasteiger partial charge in [-0.1, -0.05) is 12.8 Å². The van der Waals surface area contributed by atoms with Crippen molar-refractivity contribution in [3.8, 4) is 0 Å². The molecule has 1 saturated carbocycles. The maximum atomic E-state index is 9.78. The third kappa shape index (κ3) is 3.44. The Bertz CT molecular complexity index is 180. The van der Waals surface area contributed by atoms with E-state index in [0.717, 1.165) is 25.9 Å². The monoisotopic (exact) mass is 212 g/mol. The van der Waals surface area contributed by atoms with E-state index < -0.39 is 0 Å². The van der Waals surface area contributed by atoms with Gasteiger partial charge >= 0.3 is 0 Å². The third-order valence-electron chi connectivity index (χ3n) is 3.76. The van der Waals surface area contributed by atoms with E-state index in [0.29, 0.717) is 6.04 Å². The predicted octanol–water partition coefficient (Wildman–Crippen LogP) is 0.975. The molecule has 0 aromatic carbocycles. The van der Waals surface area contributed by atoms with Crippen LogP contribution in [0.2, 0.25) is 0 Å². The molecule has 15 heavy (non-hydrogen) atoms. The predicted molar refractivity (Wildman–Crippen MR) is 61.9 cm³/mol. The van der Waals surface area contributed by atoms with Crippen molar-refractivity contribution in [1.29, 1.82) is 0 Å². The Labute approximate surface area is 92.8 Å². The van der Waals surface area contributed by atoms with Crippen LogP contribution in [0.3, 0.4) is 0 Å². The number of rotatable bonds is 4. The van der Waals surface area contributed by atoms with Crippen LogP contribution >= 0.6 is 0 Å². The van der Waals surface area contributed by atoms with Crippen LogP contribution in [0.1, 0.15) is 38.5 Å². The highest BCUT2D eigenvalue weighted by Gasteiger charge is 2.22. The topological polar surface area (TPSA) is 35.5 Å². The molecule has 1 saturated heterocycles. The molecule has 2 atom stereocenters. The first-order valence-corrected chi connectivity index (χ1v) is 6.50. The van der Waals surface area contributed by atoms with Crippen molar-refractivity contribution in [2.75, 3.05) is 26.2 Å². The lowest BCUT2D eigenvalue weighted by Crippen LogP contribution is -2.44. The Balaban J connectivity index is 1.59. The molecule has 0 aromatic rings. The van der Waals surface area contributed by atoms with Crippen molar-refractivity contribution in [2.45, 2.75) is 50.7 Å². The van der Waals surface area contributed by atoms with E-state index in [4.69, 9.17) is 0 Å². The molecule has 1 aliphatic heterocycles. The number of likely N-dealkylation sites (tertiary alicyclic amines) is 1. The minimum atomic E-state index is -0.0997. The van der Waals surface area contributed by atoms with Gasteiger partial charge in [0.1, 0.15) is 0 Å². The molecule has 2 unspecified atom stereocenters. The first-order chi connectivity index (χ1) is 7.36. The molecule has 3 heteroatoms. The van der Waals surface area contributed by atoms with Gasteiger partial charge in [0.15, 0.2) is 0 Å². The highest BCUT2D eigenvalue weighted by Crippen LogP contribution is 2.18. The SMILES string of the molecule is OC1CCCCC1NCCN1CCCC1. The Morgan fingerprint density at radius 2 is 1.80 bits per heavy atom. The Hall–Kier alpha value is -0.120. The molecule has 2 rings (SSSR count). The molecule has 88 valence electrons. The summed E-state index contributed by atoms with van der Waals surface area (Å²) in [5, 5.41) is 13.3. The summed E-state index contributed by atoms with van der Waals surface area (Å²) in [7, 11) is 0. The molecule has 0 bridgehead atoms. The van der Waals surface area contributed by atoms with E-state index in [1.54, 1.807) is 0 Å². The molecule has 0 aromatic heterocycles. The number of hydrogen-bond acceptors (Lipinski definition) is 3. The molecule has 1 heterocycles. The first-order valence-electron chi connectivity index (χ1n) is 6.50. The van der Waals surface area contributed by atoms with E-state index in [2.05, 4.69) is 10.2 Å². The summed E-state index contributed by atoms with van der Waals surface area (Å²) in [5.74, 6) is 0. The fourth-order valence-electron chi connectivity index (χ4n) is 2.76. The second-order valence-electron chi connectivity index (χ2n) is 4.96. The van der Waals surface area contributed by atoms with E-state index in [1.807, 2.05) is 0 Å². The standard InChI is InChI=1S/C12H24N2O/c15-12-6-2-1-5-11(12)13-7-10-14-8-3-4-9-14/h11-13,15H,1-10H2. The van der Waals surface area contributed by atoms with E-state index in [9.17, 15) is 5.11 Å². The molecule has 2 fully saturated rings. The zero-order chi connectivity index (χ0) is 10.5. The van der Waals surface area contributed by atoms with Crippen molar-refractivity contribution in [1.82, 2.24) is 10.2 Å². The summed E-state index contributed by atoms with van der Waals surface area (Å²) in [5.41, 5.74) is 0. The van der Waals surface area contributed by atoms with Crippen LogP contribution < -0.4 is 5.32 Å². The van der Waals surface area contributed by atoms with Crippen LogP contribution in [0, 0.1) is 0 Å². The normalized spacial score (nSPS) is 33.4. The lowest BCUT2D eigenvalue weighted by molar-refractivity contribution is 0.0898. The van der Waals surface area contributed by atoms with Gasteiger partial charge in [0, 0.05) is 19.1 Å². The molecule has 2 N–H and O–H groups in total. The average Bonchev–Trinajstić information content (AvgIpc) is 2.74. The molecular weight excluding hydrogens is 188 g/mol. The maximum absolute atomic E-state index is 9.78. The van der Waals surface area contributed by atoms with Crippen LogP contribution in [0.15, 0.2) is 0 Å². The summed E-state index contributed by atoms with van der Waals surface area (Å²) in [4.78, 5) is 2.52. The average molecular weight is 212 g/mol. The van der Waals surface area contributed by atoms with Gasteiger partial charge in [-0.2, -0.15) is 0 Å². The van der Waals surface area contributed by atoms with Gasteiger partial charge in [-0.25, -0.2) is 0 Å². The van der Waals surface area contributed by atoms with Gasteiger partial charge in [0.2, 0.25) is 0 Å². The minimum Gasteiger partial charge on any atom is -0.392 e. The Morgan fingerprint density at radius 1 is 1.07 bits per heavy atom. The zero-order valence-corrected chi connectivity index (χ0v) is 9.62. The second-order valence-corrected chi connectivity index (χ2v) is 4.96. The molecule has 1 aliphatic carbocycles. The molecule has 2 aliphatic rings. The van der Waals surface area contributed by atoms with Crippen molar-refractivity contribution >= 4 is 0 Å². The van der Waals surface area contributed by atoms with Crippen molar-refractivity contribution < 1.29 is 5.11 Å². The van der Waals surface area contributed by atoms with Gasteiger partial charge in [-0.05, 0) is 38.8 Å². The number of aliphatic hydroxyl groups is 1. The maximum Gasteiger partial charge on any atom is 0.0693 e. The van der Waals surface area contributed by atoms with Crippen molar-refractivity contribution in [3.63, 3.8) is 0 Å². The van der Waals surface area contributed by atoms with Crippen LogP contribution in [-0.4, -0.2) is 48.3 Å². The van der Waals surface area contributed by atoms with Gasteiger partial charge in [0.05, 0.1) is 6.10 Å². The molecule has 0 spiro atoms. The van der Waals surface area contributed by atoms with Crippen LogP contribution in [0.4, 0.5) is 0 Å². The Morgan fingerprint density at radius 3 is 2.53 bits per heavy atom. The second kappa shape index (κ2) is 5.83. The Kier molecular flexibility index (Phi) is 4.42. The van der Waals surface area contributed by atoms with Crippen LogP contribution in [0.25, 0.3) is 0 Å². The molecule has 0 radical (unpaired) electrons. The van der Waals surface area contributed by atoms with Gasteiger partial charge in [-0.15, -0.1) is 0 Å². The minimum absolute atomic E-state index is 0.0997. The van der Waals surface area contributed by atoms with Crippen molar-refractivity contribution in [3.05, 3.63) is 0 Å². The largest absolute Gasteiger partial charge is 0.392 e. The fraction of sp³-hybridized carbons (Fsp3) is 1.00. The van der Waals surface area contributed by atoms with E-state index >= 15 is 0 Å². The van der Waals surface area contributed by atoms with Gasteiger partial charge in [0.25, 0.3) is 0 Å². The van der Waals surface area contributed by atoms with Crippen LogP contribution in [-0.2, 0) is 0 Å². The number of nitrogens with zero attached hydrogens (tertiary/aromatic N) is 1. The first kappa shape index (κ1) is 11.4. The quantitative estimate of drug-likeness (QED) is 0.729. The summed E-state index contributed by atoms with van der Waals surface area (Å²) < 4.78 is 0. The van der Waals surface area contributed by atoms with Crippen molar-refractivity contribution in [2.24, 2.45) is 0 Å². The van der Waals surface area contributed by atoms with Gasteiger partial charge < -0.3 is 15.3 Å². The smallest absolute Gasteiger partial charge is 0.0693 e. The van der Waals surface area contributed by atoms with E-state index in [-0.39, 0.29) is 6.10 Å². The third-order valence-corrected chi connectivity index (χ3v) is 3.76. The molecular formula is C12H24N2O. The van der Waals surface area contributed by atoms with Crippen LogP contribution in [0.5, 0.6) is 0 Å². The lowest BCUT2D eigenvalue weighted by atomic mass is 9.93. The summed E-state index contributed by atoms with van der Waals surface area (Å²) in [6.45, 7) is 4.74. The van der Waals surface area contributed by atoms with E-state index in [1.165, 1.54) is 38.8 Å². The molecule has 3 nitrogen and oxygen atoms in total. The van der Waals surface area contributed by atoms with Gasteiger partial charge in [-0.3, -0.25) is 0 Å². The number of nitrogens with one attached hydrogen (secondary N) is 1. The molecule has 0 amide bonds. The highest BCUT2D eigenvalue weighted by atomic mass is 16.3. The number of aliphatic hydroxyl groups excluding tert-OH is 1. The zero-order valence-electron chi connectivity index (χ0n) is 9.62. The number of hydrogen-bond donors (Lipinski definition) is 2. The summed E-state index contributed by atoms with van der Waals surface area (Å²) in [6, 6.07) is 0.362. The highest BCUT2D eigenvalue weighted by molar-refractivity contribution is 4.80. The summed E-state index contributed by atoms with van der Waals surface area (Å²) >= 11 is 0. The lowest BCUT2D eigenvalue weighted by Gasteiger charge is -2.29. The summed E-state index contributed by atoms with van der Waals surface area (Å²) in [6.07, 6.45) is 7.25.